The number of hydrogen-bond donors (Lipinski definition) is 1. The van der Waals surface area contributed by atoms with Crippen molar-refractivity contribution in [2.45, 2.75) is 0 Å². The van der Waals surface area contributed by atoms with Crippen LogP contribution in [0.15, 0.2) is 53.2 Å². The molecule has 3 rings (SSSR count). The second-order valence-electron chi connectivity index (χ2n) is 4.97. The summed E-state index contributed by atoms with van der Waals surface area (Å²) in [6.45, 7) is 0. The van der Waals surface area contributed by atoms with Crippen molar-refractivity contribution >= 4 is 17.9 Å². The van der Waals surface area contributed by atoms with Gasteiger partial charge in [-0.3, -0.25) is 0 Å². The van der Waals surface area contributed by atoms with Crippen molar-refractivity contribution in [3.63, 3.8) is 0 Å². The van der Waals surface area contributed by atoms with Crippen molar-refractivity contribution in [1.29, 1.82) is 0 Å². The summed E-state index contributed by atoms with van der Waals surface area (Å²) in [5.41, 5.74) is 1.21. The molecule has 0 atom stereocenters. The molecular weight excluding hydrogens is 310 g/mol. The molecule has 6 nitrogen and oxygen atoms in total. The van der Waals surface area contributed by atoms with E-state index in [1.807, 2.05) is 0 Å². The minimum atomic E-state index is -0.581. The second kappa shape index (κ2) is 6.45. The van der Waals surface area contributed by atoms with E-state index in [1.165, 1.54) is 13.2 Å². The van der Waals surface area contributed by atoms with E-state index < -0.39 is 5.97 Å². The minimum absolute atomic E-state index is 0.00332. The molecule has 2 aromatic rings. The van der Waals surface area contributed by atoms with Crippen LogP contribution in [-0.2, 0) is 9.53 Å². The van der Waals surface area contributed by atoms with Crippen LogP contribution in [-0.4, -0.2) is 31.2 Å². The van der Waals surface area contributed by atoms with Crippen molar-refractivity contribution in [3.8, 4) is 17.2 Å². The van der Waals surface area contributed by atoms with Crippen LogP contribution in [0.1, 0.15) is 11.1 Å². The molecule has 0 aliphatic carbocycles. The molecule has 2 aromatic carbocycles. The maximum atomic E-state index is 12.0. The van der Waals surface area contributed by atoms with E-state index in [4.69, 9.17) is 14.2 Å². The van der Waals surface area contributed by atoms with E-state index in [-0.39, 0.29) is 17.3 Å². The van der Waals surface area contributed by atoms with Gasteiger partial charge in [0.25, 0.3) is 0 Å². The average molecular weight is 325 g/mol. The number of ether oxygens (including phenoxy) is 3. The summed E-state index contributed by atoms with van der Waals surface area (Å²) in [6, 6.07) is 11.8. The number of aliphatic imine (C=N–C) groups is 1. The van der Waals surface area contributed by atoms with Gasteiger partial charge >= 0.3 is 5.97 Å². The fraction of sp³-hybridized carbons (Fsp3) is 0.111. The van der Waals surface area contributed by atoms with E-state index >= 15 is 0 Å². The predicted molar refractivity (Wildman–Crippen MR) is 88.3 cm³/mol. The van der Waals surface area contributed by atoms with Gasteiger partial charge in [-0.05, 0) is 35.9 Å². The minimum Gasteiger partial charge on any atom is -0.507 e. The van der Waals surface area contributed by atoms with Gasteiger partial charge in [0.1, 0.15) is 5.75 Å². The smallest absolute Gasteiger partial charge is 0.363 e. The lowest BCUT2D eigenvalue weighted by Crippen LogP contribution is -2.05. The number of para-hydroxylation sites is 1. The monoisotopic (exact) mass is 325 g/mol. The molecule has 24 heavy (non-hydrogen) atoms. The normalized spacial score (nSPS) is 15.2. The van der Waals surface area contributed by atoms with Gasteiger partial charge in [-0.2, -0.15) is 0 Å². The summed E-state index contributed by atoms with van der Waals surface area (Å²) in [4.78, 5) is 16.2. The van der Waals surface area contributed by atoms with E-state index in [0.717, 1.165) is 0 Å². The number of carbonyl (C=O) groups excluding carboxylic acids is 1. The van der Waals surface area contributed by atoms with Crippen molar-refractivity contribution in [3.05, 3.63) is 59.3 Å². The Morgan fingerprint density at radius 3 is 2.54 bits per heavy atom. The van der Waals surface area contributed by atoms with Crippen LogP contribution >= 0.6 is 0 Å². The van der Waals surface area contributed by atoms with Crippen LogP contribution in [0.2, 0.25) is 0 Å². The number of rotatable bonds is 4. The molecule has 1 N–H and O–H groups in total. The molecule has 122 valence electrons. The van der Waals surface area contributed by atoms with Crippen molar-refractivity contribution < 1.29 is 24.1 Å². The molecule has 0 fully saturated rings. The van der Waals surface area contributed by atoms with Gasteiger partial charge in [0.05, 0.1) is 19.8 Å². The van der Waals surface area contributed by atoms with Gasteiger partial charge in [0, 0.05) is 0 Å². The molecule has 0 saturated heterocycles. The van der Waals surface area contributed by atoms with E-state index in [0.29, 0.717) is 22.6 Å². The predicted octanol–water partition coefficient (Wildman–Crippen LogP) is 2.75. The van der Waals surface area contributed by atoms with Crippen molar-refractivity contribution in [2.75, 3.05) is 14.2 Å². The molecule has 0 aromatic heterocycles. The number of nitrogens with zero attached hydrogens (tertiary/aromatic N) is 1. The molecule has 0 radical (unpaired) electrons. The fourth-order valence-electron chi connectivity index (χ4n) is 2.28. The number of carbonyl (C=O) groups is 1. The number of hydrogen-bond acceptors (Lipinski definition) is 6. The third-order valence-corrected chi connectivity index (χ3v) is 3.47. The Morgan fingerprint density at radius 1 is 1.08 bits per heavy atom. The topological polar surface area (TPSA) is 77.4 Å². The molecular formula is C18H15NO5. The van der Waals surface area contributed by atoms with Gasteiger partial charge in [-0.25, -0.2) is 9.79 Å². The van der Waals surface area contributed by atoms with Crippen LogP contribution < -0.4 is 9.47 Å². The van der Waals surface area contributed by atoms with Gasteiger partial charge in [0.2, 0.25) is 5.90 Å². The molecule has 0 amide bonds. The molecule has 1 aliphatic rings. The summed E-state index contributed by atoms with van der Waals surface area (Å²) < 4.78 is 15.6. The lowest BCUT2D eigenvalue weighted by Gasteiger charge is -2.07. The molecule has 6 heteroatoms. The highest BCUT2D eigenvalue weighted by molar-refractivity contribution is 6.13. The Bertz CT molecular complexity index is 854. The first-order valence-corrected chi connectivity index (χ1v) is 7.15. The van der Waals surface area contributed by atoms with Crippen LogP contribution in [0, 0.1) is 0 Å². The maximum Gasteiger partial charge on any atom is 0.363 e. The SMILES string of the molecule is COc1ccc(/C=C2\N=C(c3ccccc3O)OC2=O)cc1OC. The quantitative estimate of drug-likeness (QED) is 0.691. The molecule has 0 unspecified atom stereocenters. The Kier molecular flexibility index (Phi) is 4.20. The number of benzene rings is 2. The van der Waals surface area contributed by atoms with E-state index in [9.17, 15) is 9.90 Å². The number of esters is 1. The zero-order chi connectivity index (χ0) is 17.1. The molecule has 0 bridgehead atoms. The summed E-state index contributed by atoms with van der Waals surface area (Å²) in [5, 5.41) is 9.84. The molecule has 0 spiro atoms. The Hall–Kier alpha value is -3.28. The van der Waals surface area contributed by atoms with Crippen LogP contribution in [0.4, 0.5) is 0 Å². The Labute approximate surface area is 138 Å². The lowest BCUT2D eigenvalue weighted by molar-refractivity contribution is -0.129. The number of methoxy groups -OCH3 is 2. The Balaban J connectivity index is 1.96. The number of aromatic hydroxyl groups is 1. The lowest BCUT2D eigenvalue weighted by atomic mass is 10.1. The Morgan fingerprint density at radius 2 is 1.83 bits per heavy atom. The van der Waals surface area contributed by atoms with Crippen LogP contribution in [0.5, 0.6) is 17.2 Å². The number of phenols is 1. The maximum absolute atomic E-state index is 12.0. The summed E-state index contributed by atoms with van der Waals surface area (Å²) in [7, 11) is 3.08. The largest absolute Gasteiger partial charge is 0.507 e. The standard InChI is InChI=1S/C18H15NO5/c1-22-15-8-7-11(10-16(15)23-2)9-13-18(21)24-17(19-13)12-5-3-4-6-14(12)20/h3-10,20H,1-2H3/b13-9-. The van der Waals surface area contributed by atoms with Gasteiger partial charge in [-0.1, -0.05) is 18.2 Å². The first-order valence-electron chi connectivity index (χ1n) is 7.15. The molecule has 1 aliphatic heterocycles. The molecule has 1 heterocycles. The fourth-order valence-corrected chi connectivity index (χ4v) is 2.28. The average Bonchev–Trinajstić information content (AvgIpc) is 2.95. The highest BCUT2D eigenvalue weighted by Gasteiger charge is 2.25. The first-order chi connectivity index (χ1) is 11.6. The first kappa shape index (κ1) is 15.6. The van der Waals surface area contributed by atoms with Crippen LogP contribution in [0.3, 0.4) is 0 Å². The van der Waals surface area contributed by atoms with Crippen molar-refractivity contribution in [2.24, 2.45) is 4.99 Å². The van der Waals surface area contributed by atoms with Crippen molar-refractivity contribution in [1.82, 2.24) is 0 Å². The number of cyclic esters (lactones) is 1. The highest BCUT2D eigenvalue weighted by Crippen LogP contribution is 2.29. The highest BCUT2D eigenvalue weighted by atomic mass is 16.6. The summed E-state index contributed by atoms with van der Waals surface area (Å²) in [6.07, 6.45) is 1.58. The number of phenolic OH excluding ortho intramolecular Hbond substituents is 1. The van der Waals surface area contributed by atoms with Gasteiger partial charge in [0.15, 0.2) is 17.2 Å². The van der Waals surface area contributed by atoms with E-state index in [1.54, 1.807) is 49.6 Å². The summed E-state index contributed by atoms with van der Waals surface area (Å²) >= 11 is 0. The molecule has 0 saturated carbocycles. The van der Waals surface area contributed by atoms with Crippen LogP contribution in [0.25, 0.3) is 6.08 Å². The summed E-state index contributed by atoms with van der Waals surface area (Å²) in [5.74, 6) is 0.624. The zero-order valence-electron chi connectivity index (χ0n) is 13.1. The van der Waals surface area contributed by atoms with Gasteiger partial charge in [-0.15, -0.1) is 0 Å². The third-order valence-electron chi connectivity index (χ3n) is 3.47. The zero-order valence-corrected chi connectivity index (χ0v) is 13.1. The second-order valence-corrected chi connectivity index (χ2v) is 4.97. The van der Waals surface area contributed by atoms with Gasteiger partial charge < -0.3 is 19.3 Å². The third kappa shape index (κ3) is 2.94. The van der Waals surface area contributed by atoms with E-state index in [2.05, 4.69) is 4.99 Å².